The predicted octanol–water partition coefficient (Wildman–Crippen LogP) is 1.03. The van der Waals surface area contributed by atoms with Crippen molar-refractivity contribution >= 4 is 11.9 Å². The fourth-order valence-electron chi connectivity index (χ4n) is 1.88. The van der Waals surface area contributed by atoms with Gasteiger partial charge in [0.2, 0.25) is 5.91 Å². The number of carbonyl (C=O) groups is 2. The SMILES string of the molecule is CC(C(=O)O)C(C)C(=O)NC1(C)CCCOC1. The van der Waals surface area contributed by atoms with Gasteiger partial charge in [0.15, 0.2) is 0 Å². The van der Waals surface area contributed by atoms with Crippen LogP contribution < -0.4 is 5.32 Å². The number of hydrogen-bond acceptors (Lipinski definition) is 3. The Balaban J connectivity index is 2.55. The second kappa shape index (κ2) is 5.49. The maximum atomic E-state index is 11.9. The number of hydrogen-bond donors (Lipinski definition) is 2. The molecule has 1 heterocycles. The number of aliphatic carboxylic acids is 1. The van der Waals surface area contributed by atoms with E-state index in [1.165, 1.54) is 0 Å². The highest BCUT2D eigenvalue weighted by Crippen LogP contribution is 2.20. The molecule has 5 nitrogen and oxygen atoms in total. The average molecular weight is 243 g/mol. The molecule has 1 rings (SSSR count). The number of carboxylic acids is 1. The van der Waals surface area contributed by atoms with Crippen molar-refractivity contribution in [1.82, 2.24) is 5.32 Å². The van der Waals surface area contributed by atoms with Gasteiger partial charge >= 0.3 is 5.97 Å². The monoisotopic (exact) mass is 243 g/mol. The zero-order valence-electron chi connectivity index (χ0n) is 10.7. The Morgan fingerprint density at radius 2 is 2.00 bits per heavy atom. The molecule has 1 aliphatic rings. The molecular formula is C12H21NO4. The van der Waals surface area contributed by atoms with Crippen LogP contribution in [0.15, 0.2) is 0 Å². The molecule has 0 spiro atoms. The molecule has 0 aromatic heterocycles. The molecule has 0 aromatic rings. The van der Waals surface area contributed by atoms with Crippen LogP contribution in [0.2, 0.25) is 0 Å². The van der Waals surface area contributed by atoms with E-state index >= 15 is 0 Å². The Labute approximate surface area is 102 Å². The van der Waals surface area contributed by atoms with Crippen molar-refractivity contribution in [3.63, 3.8) is 0 Å². The van der Waals surface area contributed by atoms with E-state index in [1.807, 2.05) is 6.92 Å². The molecule has 1 saturated heterocycles. The summed E-state index contributed by atoms with van der Waals surface area (Å²) in [5.74, 6) is -2.38. The molecule has 3 unspecified atom stereocenters. The van der Waals surface area contributed by atoms with Crippen LogP contribution in [0.1, 0.15) is 33.6 Å². The summed E-state index contributed by atoms with van der Waals surface area (Å²) in [7, 11) is 0. The lowest BCUT2D eigenvalue weighted by Crippen LogP contribution is -2.53. The lowest BCUT2D eigenvalue weighted by Gasteiger charge is -2.35. The Morgan fingerprint density at radius 1 is 1.35 bits per heavy atom. The van der Waals surface area contributed by atoms with Crippen molar-refractivity contribution < 1.29 is 19.4 Å². The first-order chi connectivity index (χ1) is 7.86. The smallest absolute Gasteiger partial charge is 0.307 e. The fraction of sp³-hybridized carbons (Fsp3) is 0.833. The molecule has 5 heteroatoms. The molecule has 2 N–H and O–H groups in total. The van der Waals surface area contributed by atoms with E-state index in [-0.39, 0.29) is 11.4 Å². The summed E-state index contributed by atoms with van der Waals surface area (Å²) in [5.41, 5.74) is -0.359. The van der Waals surface area contributed by atoms with E-state index < -0.39 is 17.8 Å². The standard InChI is InChI=1S/C12H21NO4/c1-8(9(2)11(15)16)10(14)13-12(3)5-4-6-17-7-12/h8-9H,4-7H2,1-3H3,(H,13,14)(H,15,16). The zero-order valence-corrected chi connectivity index (χ0v) is 10.7. The molecule has 1 amide bonds. The van der Waals surface area contributed by atoms with Crippen molar-refractivity contribution in [2.75, 3.05) is 13.2 Å². The number of carboxylic acid groups (broad SMARTS) is 1. The van der Waals surface area contributed by atoms with Crippen molar-refractivity contribution in [2.45, 2.75) is 39.2 Å². The van der Waals surface area contributed by atoms with Gasteiger partial charge in [0.05, 0.1) is 18.1 Å². The topological polar surface area (TPSA) is 75.6 Å². The molecule has 3 atom stereocenters. The molecule has 0 aliphatic carbocycles. The van der Waals surface area contributed by atoms with Crippen LogP contribution >= 0.6 is 0 Å². The Bertz CT molecular complexity index is 297. The Kier molecular flexibility index (Phi) is 4.51. The van der Waals surface area contributed by atoms with Gasteiger partial charge in [-0.05, 0) is 19.8 Å². The minimum Gasteiger partial charge on any atom is -0.481 e. The second-order valence-electron chi connectivity index (χ2n) is 5.12. The van der Waals surface area contributed by atoms with Gasteiger partial charge in [-0.25, -0.2) is 0 Å². The van der Waals surface area contributed by atoms with Crippen molar-refractivity contribution in [3.05, 3.63) is 0 Å². The molecule has 17 heavy (non-hydrogen) atoms. The molecular weight excluding hydrogens is 222 g/mol. The van der Waals surface area contributed by atoms with E-state index in [9.17, 15) is 9.59 Å². The molecule has 0 aromatic carbocycles. The third kappa shape index (κ3) is 3.70. The maximum absolute atomic E-state index is 11.9. The molecule has 98 valence electrons. The molecule has 0 saturated carbocycles. The van der Waals surface area contributed by atoms with E-state index in [0.29, 0.717) is 6.61 Å². The first kappa shape index (κ1) is 14.0. The summed E-state index contributed by atoms with van der Waals surface area (Å²) in [5, 5.41) is 11.8. The van der Waals surface area contributed by atoms with Gasteiger partial charge in [-0.3, -0.25) is 9.59 Å². The third-order valence-corrected chi connectivity index (χ3v) is 3.42. The summed E-state index contributed by atoms with van der Waals surface area (Å²) in [4.78, 5) is 22.7. The van der Waals surface area contributed by atoms with Crippen LogP contribution in [-0.2, 0) is 14.3 Å². The van der Waals surface area contributed by atoms with Crippen molar-refractivity contribution in [3.8, 4) is 0 Å². The highest BCUT2D eigenvalue weighted by Gasteiger charge is 2.33. The highest BCUT2D eigenvalue weighted by atomic mass is 16.5. The first-order valence-electron chi connectivity index (χ1n) is 5.98. The first-order valence-corrected chi connectivity index (χ1v) is 5.98. The van der Waals surface area contributed by atoms with Crippen LogP contribution in [0.4, 0.5) is 0 Å². The van der Waals surface area contributed by atoms with Crippen molar-refractivity contribution in [1.29, 1.82) is 0 Å². The third-order valence-electron chi connectivity index (χ3n) is 3.42. The normalized spacial score (nSPS) is 28.2. The summed E-state index contributed by atoms with van der Waals surface area (Å²) in [6, 6.07) is 0. The van der Waals surface area contributed by atoms with Crippen LogP contribution in [0, 0.1) is 11.8 Å². The summed E-state index contributed by atoms with van der Waals surface area (Å²) < 4.78 is 5.34. The Hall–Kier alpha value is -1.10. The van der Waals surface area contributed by atoms with Gasteiger partial charge < -0.3 is 15.2 Å². The minimum atomic E-state index is -0.947. The number of rotatable bonds is 4. The van der Waals surface area contributed by atoms with Gasteiger partial charge in [0.25, 0.3) is 0 Å². The molecule has 1 aliphatic heterocycles. The lowest BCUT2D eigenvalue weighted by molar-refractivity contribution is -0.146. The molecule has 1 fully saturated rings. The largest absolute Gasteiger partial charge is 0.481 e. The van der Waals surface area contributed by atoms with Crippen LogP contribution in [0.25, 0.3) is 0 Å². The maximum Gasteiger partial charge on any atom is 0.307 e. The number of ether oxygens (including phenoxy) is 1. The van der Waals surface area contributed by atoms with E-state index in [1.54, 1.807) is 13.8 Å². The minimum absolute atomic E-state index is 0.215. The number of amides is 1. The molecule has 0 radical (unpaired) electrons. The zero-order chi connectivity index (χ0) is 13.1. The van der Waals surface area contributed by atoms with Gasteiger partial charge in [-0.15, -0.1) is 0 Å². The van der Waals surface area contributed by atoms with Gasteiger partial charge in [0.1, 0.15) is 0 Å². The summed E-state index contributed by atoms with van der Waals surface area (Å²) in [6.07, 6.45) is 1.78. The van der Waals surface area contributed by atoms with Gasteiger partial charge in [-0.1, -0.05) is 13.8 Å². The van der Waals surface area contributed by atoms with Crippen LogP contribution in [-0.4, -0.2) is 35.7 Å². The van der Waals surface area contributed by atoms with Crippen LogP contribution in [0.3, 0.4) is 0 Å². The second-order valence-corrected chi connectivity index (χ2v) is 5.12. The van der Waals surface area contributed by atoms with Gasteiger partial charge in [-0.2, -0.15) is 0 Å². The summed E-state index contributed by atoms with van der Waals surface area (Å²) >= 11 is 0. The highest BCUT2D eigenvalue weighted by molar-refractivity contribution is 5.84. The summed E-state index contributed by atoms with van der Waals surface area (Å²) in [6.45, 7) is 6.34. The van der Waals surface area contributed by atoms with Gasteiger partial charge in [0, 0.05) is 12.5 Å². The fourth-order valence-corrected chi connectivity index (χ4v) is 1.88. The Morgan fingerprint density at radius 3 is 2.47 bits per heavy atom. The quantitative estimate of drug-likeness (QED) is 0.773. The predicted molar refractivity (Wildman–Crippen MR) is 62.6 cm³/mol. The van der Waals surface area contributed by atoms with Crippen LogP contribution in [0.5, 0.6) is 0 Å². The number of carbonyl (C=O) groups excluding carboxylic acids is 1. The molecule has 0 bridgehead atoms. The van der Waals surface area contributed by atoms with E-state index in [0.717, 1.165) is 19.4 Å². The van der Waals surface area contributed by atoms with E-state index in [4.69, 9.17) is 9.84 Å². The lowest BCUT2D eigenvalue weighted by atomic mass is 9.91. The van der Waals surface area contributed by atoms with E-state index in [2.05, 4.69) is 5.32 Å². The average Bonchev–Trinajstić information content (AvgIpc) is 2.27. The van der Waals surface area contributed by atoms with Crippen molar-refractivity contribution in [2.24, 2.45) is 11.8 Å². The number of nitrogens with one attached hydrogen (secondary N) is 1.